The minimum absolute atomic E-state index is 0.568. The molecular formula is C14H11BrN2OS. The highest BCUT2D eigenvalue weighted by molar-refractivity contribution is 9.10. The Morgan fingerprint density at radius 3 is 2.84 bits per heavy atom. The Balaban J connectivity index is 2.44. The van der Waals surface area contributed by atoms with Gasteiger partial charge in [-0.1, -0.05) is 17.8 Å². The summed E-state index contributed by atoms with van der Waals surface area (Å²) in [5.41, 5.74) is 1.36. The summed E-state index contributed by atoms with van der Waals surface area (Å²) in [7, 11) is 0. The van der Waals surface area contributed by atoms with Gasteiger partial charge in [0.2, 0.25) is 0 Å². The fourth-order valence-corrected chi connectivity index (χ4v) is 3.12. The first kappa shape index (κ1) is 14.1. The van der Waals surface area contributed by atoms with E-state index in [0.29, 0.717) is 5.56 Å². The van der Waals surface area contributed by atoms with Crippen LogP contribution in [0.5, 0.6) is 0 Å². The predicted octanol–water partition coefficient (Wildman–Crippen LogP) is 3.92. The highest BCUT2D eigenvalue weighted by atomic mass is 79.9. The number of aromatic nitrogens is 1. The second-order valence-electron chi connectivity index (χ2n) is 3.93. The molecule has 0 saturated carbocycles. The summed E-state index contributed by atoms with van der Waals surface area (Å²) in [5, 5.41) is 19.6. The summed E-state index contributed by atoms with van der Waals surface area (Å²) >= 11 is 4.87. The number of hydrogen-bond donors (Lipinski definition) is 1. The molecule has 0 aliphatic carbocycles. The van der Waals surface area contributed by atoms with Gasteiger partial charge in [-0.05, 0) is 52.7 Å². The zero-order chi connectivity index (χ0) is 13.8. The molecule has 1 aromatic carbocycles. The van der Waals surface area contributed by atoms with Gasteiger partial charge in [-0.3, -0.25) is 0 Å². The van der Waals surface area contributed by atoms with Crippen LogP contribution in [0.2, 0.25) is 0 Å². The van der Waals surface area contributed by atoms with Crippen LogP contribution in [-0.4, -0.2) is 10.1 Å². The van der Waals surface area contributed by atoms with Crippen molar-refractivity contribution in [3.63, 3.8) is 0 Å². The van der Waals surface area contributed by atoms with E-state index in [4.69, 9.17) is 5.26 Å². The van der Waals surface area contributed by atoms with E-state index >= 15 is 0 Å². The van der Waals surface area contributed by atoms with Gasteiger partial charge in [-0.2, -0.15) is 5.26 Å². The Kier molecular flexibility index (Phi) is 4.59. The number of rotatable bonds is 3. The number of benzene rings is 1. The number of aliphatic hydroxyl groups is 1. The van der Waals surface area contributed by atoms with Crippen LogP contribution in [0.1, 0.15) is 24.2 Å². The number of halogens is 1. The molecule has 96 valence electrons. The fourth-order valence-electron chi connectivity index (χ4n) is 1.59. The SMILES string of the molecule is C[C@H](O)c1ccc(C#N)cc1Sc1ncccc1Br. The Morgan fingerprint density at radius 2 is 2.21 bits per heavy atom. The molecule has 19 heavy (non-hydrogen) atoms. The molecule has 1 heterocycles. The van der Waals surface area contributed by atoms with Gasteiger partial charge in [0.1, 0.15) is 5.03 Å². The number of pyridine rings is 1. The largest absolute Gasteiger partial charge is 0.389 e. The topological polar surface area (TPSA) is 56.9 Å². The van der Waals surface area contributed by atoms with Crippen molar-refractivity contribution in [2.75, 3.05) is 0 Å². The molecule has 0 spiro atoms. The van der Waals surface area contributed by atoms with Crippen LogP contribution < -0.4 is 0 Å². The lowest BCUT2D eigenvalue weighted by molar-refractivity contribution is 0.196. The van der Waals surface area contributed by atoms with Gasteiger partial charge in [0.05, 0.1) is 22.2 Å². The molecule has 0 fully saturated rings. The molecule has 2 aromatic rings. The zero-order valence-electron chi connectivity index (χ0n) is 10.2. The van der Waals surface area contributed by atoms with Crippen molar-refractivity contribution in [1.29, 1.82) is 5.26 Å². The van der Waals surface area contributed by atoms with E-state index in [1.807, 2.05) is 12.1 Å². The van der Waals surface area contributed by atoms with E-state index in [2.05, 4.69) is 27.0 Å². The summed E-state index contributed by atoms with van der Waals surface area (Å²) in [6, 6.07) is 11.1. The molecule has 1 aromatic heterocycles. The predicted molar refractivity (Wildman–Crippen MR) is 77.9 cm³/mol. The maximum atomic E-state index is 9.79. The van der Waals surface area contributed by atoms with Crippen molar-refractivity contribution in [2.24, 2.45) is 0 Å². The number of nitriles is 1. The van der Waals surface area contributed by atoms with Crippen LogP contribution in [0.3, 0.4) is 0 Å². The van der Waals surface area contributed by atoms with E-state index in [9.17, 15) is 5.11 Å². The molecular weight excluding hydrogens is 324 g/mol. The summed E-state index contributed by atoms with van der Waals surface area (Å²) in [4.78, 5) is 5.12. The monoisotopic (exact) mass is 334 g/mol. The molecule has 0 aliphatic rings. The van der Waals surface area contributed by atoms with E-state index in [1.165, 1.54) is 11.8 Å². The van der Waals surface area contributed by atoms with Crippen LogP contribution >= 0.6 is 27.7 Å². The van der Waals surface area contributed by atoms with Crippen molar-refractivity contribution in [3.05, 3.63) is 52.1 Å². The van der Waals surface area contributed by atoms with Crippen LogP contribution in [0.25, 0.3) is 0 Å². The van der Waals surface area contributed by atoms with Gasteiger partial charge >= 0.3 is 0 Å². The van der Waals surface area contributed by atoms with Crippen molar-refractivity contribution >= 4 is 27.7 Å². The summed E-state index contributed by atoms with van der Waals surface area (Å²) < 4.78 is 0.888. The lowest BCUT2D eigenvalue weighted by Gasteiger charge is -2.12. The lowest BCUT2D eigenvalue weighted by atomic mass is 10.1. The van der Waals surface area contributed by atoms with Crippen LogP contribution in [0.4, 0.5) is 0 Å². The number of nitrogens with zero attached hydrogens (tertiary/aromatic N) is 2. The molecule has 3 nitrogen and oxygen atoms in total. The summed E-state index contributed by atoms with van der Waals surface area (Å²) in [5.74, 6) is 0. The van der Waals surface area contributed by atoms with E-state index in [-0.39, 0.29) is 0 Å². The third kappa shape index (κ3) is 3.35. The standard InChI is InChI=1S/C14H11BrN2OS/c1-9(18)11-5-4-10(8-16)7-13(11)19-14-12(15)3-2-6-17-14/h2-7,9,18H,1H3/t9-/m0/s1. The average Bonchev–Trinajstić information content (AvgIpc) is 2.41. The lowest BCUT2D eigenvalue weighted by Crippen LogP contribution is -1.95. The average molecular weight is 335 g/mol. The van der Waals surface area contributed by atoms with Crippen LogP contribution in [-0.2, 0) is 0 Å². The van der Waals surface area contributed by atoms with E-state index < -0.39 is 6.10 Å². The van der Waals surface area contributed by atoms with Gasteiger partial charge in [-0.15, -0.1) is 0 Å². The highest BCUT2D eigenvalue weighted by Crippen LogP contribution is 2.36. The second kappa shape index (κ2) is 6.20. The zero-order valence-corrected chi connectivity index (χ0v) is 12.6. The number of aliphatic hydroxyl groups excluding tert-OH is 1. The molecule has 0 radical (unpaired) electrons. The van der Waals surface area contributed by atoms with Gasteiger partial charge in [0.25, 0.3) is 0 Å². The molecule has 0 saturated heterocycles. The summed E-state index contributed by atoms with van der Waals surface area (Å²) in [6.45, 7) is 1.71. The summed E-state index contributed by atoms with van der Waals surface area (Å²) in [6.07, 6.45) is 1.13. The van der Waals surface area contributed by atoms with E-state index in [0.717, 1.165) is 20.0 Å². The minimum atomic E-state index is -0.585. The molecule has 2 rings (SSSR count). The Labute approximate surface area is 124 Å². The molecule has 5 heteroatoms. The first-order chi connectivity index (χ1) is 9.11. The normalized spacial score (nSPS) is 11.9. The highest BCUT2D eigenvalue weighted by Gasteiger charge is 2.12. The fraction of sp³-hybridized carbons (Fsp3) is 0.143. The quantitative estimate of drug-likeness (QED) is 0.924. The number of hydrogen-bond acceptors (Lipinski definition) is 4. The maximum Gasteiger partial charge on any atom is 0.115 e. The first-order valence-electron chi connectivity index (χ1n) is 5.62. The maximum absolute atomic E-state index is 9.79. The van der Waals surface area contributed by atoms with E-state index in [1.54, 1.807) is 31.3 Å². The third-order valence-corrected chi connectivity index (χ3v) is 4.52. The molecule has 1 N–H and O–H groups in total. The smallest absolute Gasteiger partial charge is 0.115 e. The van der Waals surface area contributed by atoms with Gasteiger partial charge < -0.3 is 5.11 Å². The Morgan fingerprint density at radius 1 is 1.42 bits per heavy atom. The van der Waals surface area contributed by atoms with Crippen LogP contribution in [0, 0.1) is 11.3 Å². The van der Waals surface area contributed by atoms with Gasteiger partial charge in [-0.25, -0.2) is 4.98 Å². The van der Waals surface area contributed by atoms with Crippen molar-refractivity contribution in [2.45, 2.75) is 22.9 Å². The molecule has 0 bridgehead atoms. The second-order valence-corrected chi connectivity index (χ2v) is 5.82. The Hall–Kier alpha value is -1.35. The minimum Gasteiger partial charge on any atom is -0.389 e. The molecule has 0 aliphatic heterocycles. The first-order valence-corrected chi connectivity index (χ1v) is 7.23. The van der Waals surface area contributed by atoms with Crippen molar-refractivity contribution < 1.29 is 5.11 Å². The van der Waals surface area contributed by atoms with Crippen LogP contribution in [0.15, 0.2) is 50.9 Å². The Bertz CT molecular complexity index is 638. The van der Waals surface area contributed by atoms with Gasteiger partial charge in [0.15, 0.2) is 0 Å². The van der Waals surface area contributed by atoms with Crippen molar-refractivity contribution in [1.82, 2.24) is 4.98 Å². The third-order valence-electron chi connectivity index (χ3n) is 2.52. The molecule has 0 unspecified atom stereocenters. The van der Waals surface area contributed by atoms with Crippen molar-refractivity contribution in [3.8, 4) is 6.07 Å². The molecule has 0 amide bonds. The molecule has 1 atom stereocenters. The van der Waals surface area contributed by atoms with Gasteiger partial charge in [0, 0.05) is 11.1 Å².